The van der Waals surface area contributed by atoms with Crippen molar-refractivity contribution in [3.05, 3.63) is 41.9 Å². The molecule has 1 aromatic carbocycles. The number of amides is 3. The van der Waals surface area contributed by atoms with Crippen molar-refractivity contribution in [3.63, 3.8) is 0 Å². The number of furan rings is 1. The van der Waals surface area contributed by atoms with Crippen molar-refractivity contribution in [1.29, 1.82) is 0 Å². The summed E-state index contributed by atoms with van der Waals surface area (Å²) in [5.41, 5.74) is 0.316. The summed E-state index contributed by atoms with van der Waals surface area (Å²) < 4.78 is 15.5. The molecular formula is C19H21N3O6. The van der Waals surface area contributed by atoms with Gasteiger partial charge in [-0.25, -0.2) is 0 Å². The second-order valence-electron chi connectivity index (χ2n) is 6.21. The minimum absolute atomic E-state index is 0.0879. The van der Waals surface area contributed by atoms with Crippen LogP contribution in [0.25, 0.3) is 0 Å². The molecule has 1 aliphatic carbocycles. The Labute approximate surface area is 161 Å². The van der Waals surface area contributed by atoms with Crippen molar-refractivity contribution in [3.8, 4) is 11.5 Å². The highest BCUT2D eigenvalue weighted by Crippen LogP contribution is 2.33. The lowest BCUT2D eigenvalue weighted by Crippen LogP contribution is -2.38. The van der Waals surface area contributed by atoms with Crippen LogP contribution in [0.5, 0.6) is 11.5 Å². The summed E-state index contributed by atoms with van der Waals surface area (Å²) in [7, 11) is 2.88. The summed E-state index contributed by atoms with van der Waals surface area (Å²) in [6.45, 7) is -0.171. The van der Waals surface area contributed by atoms with Gasteiger partial charge >= 0.3 is 0 Å². The van der Waals surface area contributed by atoms with Gasteiger partial charge in [0.2, 0.25) is 5.91 Å². The van der Waals surface area contributed by atoms with Crippen molar-refractivity contribution >= 4 is 23.4 Å². The Balaban J connectivity index is 1.80. The van der Waals surface area contributed by atoms with Gasteiger partial charge in [-0.3, -0.25) is 14.4 Å². The number of methoxy groups -OCH3 is 2. The van der Waals surface area contributed by atoms with E-state index in [1.54, 1.807) is 6.07 Å². The molecule has 1 heterocycles. The molecule has 0 radical (unpaired) electrons. The van der Waals surface area contributed by atoms with E-state index in [-0.39, 0.29) is 35.5 Å². The molecule has 1 saturated carbocycles. The standard InChI is InChI=1S/C19H21N3O6/c1-26-15-8-12(18(24)20-10-17(23)21-11-5-6-11)13(9-16(15)27-2)22-19(25)14-4-3-7-28-14/h3-4,7-9,11H,5-6,10H2,1-2H3,(H,20,24)(H,21,23)(H,22,25). The van der Waals surface area contributed by atoms with Crippen molar-refractivity contribution in [2.45, 2.75) is 18.9 Å². The van der Waals surface area contributed by atoms with Gasteiger partial charge in [0.05, 0.1) is 38.3 Å². The second kappa shape index (κ2) is 8.47. The van der Waals surface area contributed by atoms with Crippen molar-refractivity contribution in [1.82, 2.24) is 10.6 Å². The topological polar surface area (TPSA) is 119 Å². The number of benzene rings is 1. The van der Waals surface area contributed by atoms with Crippen LogP contribution in [0.2, 0.25) is 0 Å². The molecule has 0 unspecified atom stereocenters. The van der Waals surface area contributed by atoms with E-state index in [0.29, 0.717) is 11.5 Å². The summed E-state index contributed by atoms with van der Waals surface area (Å²) in [5, 5.41) is 7.95. The summed E-state index contributed by atoms with van der Waals surface area (Å²) >= 11 is 0. The number of carbonyl (C=O) groups excluding carboxylic acids is 3. The van der Waals surface area contributed by atoms with Crippen molar-refractivity contribution < 1.29 is 28.3 Å². The Morgan fingerprint density at radius 2 is 1.82 bits per heavy atom. The zero-order valence-corrected chi connectivity index (χ0v) is 15.5. The highest BCUT2D eigenvalue weighted by atomic mass is 16.5. The normalized spacial score (nSPS) is 12.8. The molecular weight excluding hydrogens is 366 g/mol. The van der Waals surface area contributed by atoms with Gasteiger partial charge in [0.1, 0.15) is 0 Å². The second-order valence-corrected chi connectivity index (χ2v) is 6.21. The van der Waals surface area contributed by atoms with Crippen LogP contribution in [0.1, 0.15) is 33.8 Å². The molecule has 9 heteroatoms. The fourth-order valence-electron chi connectivity index (χ4n) is 2.52. The summed E-state index contributed by atoms with van der Waals surface area (Å²) in [4.78, 5) is 36.8. The first-order valence-corrected chi connectivity index (χ1v) is 8.70. The van der Waals surface area contributed by atoms with Gasteiger partial charge in [-0.05, 0) is 31.0 Å². The number of hydrogen-bond acceptors (Lipinski definition) is 6. The smallest absolute Gasteiger partial charge is 0.291 e. The van der Waals surface area contributed by atoms with Gasteiger partial charge in [-0.2, -0.15) is 0 Å². The summed E-state index contributed by atoms with van der Waals surface area (Å²) in [6, 6.07) is 6.19. The van der Waals surface area contributed by atoms with Crippen LogP contribution in [-0.4, -0.2) is 44.5 Å². The van der Waals surface area contributed by atoms with Gasteiger partial charge in [0.25, 0.3) is 11.8 Å². The maximum absolute atomic E-state index is 12.6. The minimum atomic E-state index is -0.540. The fourth-order valence-corrected chi connectivity index (χ4v) is 2.52. The number of hydrogen-bond donors (Lipinski definition) is 3. The molecule has 0 saturated heterocycles. The minimum Gasteiger partial charge on any atom is -0.493 e. The molecule has 0 aliphatic heterocycles. The first-order valence-electron chi connectivity index (χ1n) is 8.70. The third-order valence-electron chi connectivity index (χ3n) is 4.11. The van der Waals surface area contributed by atoms with Gasteiger partial charge in [-0.15, -0.1) is 0 Å². The fraction of sp³-hybridized carbons (Fsp3) is 0.316. The average Bonchev–Trinajstić information content (AvgIpc) is 3.32. The van der Waals surface area contributed by atoms with E-state index >= 15 is 0 Å². The van der Waals surface area contributed by atoms with E-state index in [1.165, 1.54) is 38.7 Å². The molecule has 3 rings (SSSR count). The first kappa shape index (κ1) is 19.3. The number of anilines is 1. The predicted octanol–water partition coefficient (Wildman–Crippen LogP) is 1.56. The Morgan fingerprint density at radius 3 is 2.43 bits per heavy atom. The molecule has 0 bridgehead atoms. The maximum atomic E-state index is 12.6. The van der Waals surface area contributed by atoms with Gasteiger partial charge in [0, 0.05) is 12.1 Å². The van der Waals surface area contributed by atoms with Crippen LogP contribution < -0.4 is 25.4 Å². The van der Waals surface area contributed by atoms with Crippen LogP contribution in [-0.2, 0) is 4.79 Å². The highest BCUT2D eigenvalue weighted by molar-refractivity contribution is 6.09. The molecule has 9 nitrogen and oxygen atoms in total. The van der Waals surface area contributed by atoms with Crippen molar-refractivity contribution in [2.75, 3.05) is 26.1 Å². The van der Waals surface area contributed by atoms with Crippen LogP contribution in [0.4, 0.5) is 5.69 Å². The lowest BCUT2D eigenvalue weighted by molar-refractivity contribution is -0.120. The zero-order valence-electron chi connectivity index (χ0n) is 15.5. The SMILES string of the molecule is COc1cc(NC(=O)c2ccco2)c(C(=O)NCC(=O)NC2CC2)cc1OC. The van der Waals surface area contributed by atoms with Crippen molar-refractivity contribution in [2.24, 2.45) is 0 Å². The highest BCUT2D eigenvalue weighted by Gasteiger charge is 2.24. The van der Waals surface area contributed by atoms with E-state index in [0.717, 1.165) is 12.8 Å². The zero-order chi connectivity index (χ0) is 20.1. The lowest BCUT2D eigenvalue weighted by Gasteiger charge is -2.15. The predicted molar refractivity (Wildman–Crippen MR) is 99.7 cm³/mol. The van der Waals surface area contributed by atoms with E-state index in [4.69, 9.17) is 13.9 Å². The number of carbonyl (C=O) groups is 3. The van der Waals surface area contributed by atoms with Crippen LogP contribution in [0.15, 0.2) is 34.9 Å². The van der Waals surface area contributed by atoms with Crippen LogP contribution in [0.3, 0.4) is 0 Å². The summed E-state index contributed by atoms with van der Waals surface area (Å²) in [6.07, 6.45) is 3.28. The molecule has 1 aliphatic rings. The molecule has 28 heavy (non-hydrogen) atoms. The molecule has 1 aromatic heterocycles. The van der Waals surface area contributed by atoms with Gasteiger partial charge < -0.3 is 29.8 Å². The van der Waals surface area contributed by atoms with E-state index in [2.05, 4.69) is 16.0 Å². The number of nitrogens with one attached hydrogen (secondary N) is 3. The lowest BCUT2D eigenvalue weighted by atomic mass is 10.1. The van der Waals surface area contributed by atoms with Crippen LogP contribution in [0, 0.1) is 0 Å². The van der Waals surface area contributed by atoms with Gasteiger partial charge in [-0.1, -0.05) is 0 Å². The molecule has 3 amide bonds. The molecule has 0 atom stereocenters. The third kappa shape index (κ3) is 4.61. The molecule has 3 N–H and O–H groups in total. The molecule has 1 fully saturated rings. The molecule has 0 spiro atoms. The number of rotatable bonds is 8. The Bertz CT molecular complexity index is 874. The molecule has 148 valence electrons. The van der Waals surface area contributed by atoms with Gasteiger partial charge in [0.15, 0.2) is 17.3 Å². The van der Waals surface area contributed by atoms with E-state index in [9.17, 15) is 14.4 Å². The van der Waals surface area contributed by atoms with E-state index < -0.39 is 11.8 Å². The number of ether oxygens (including phenoxy) is 2. The maximum Gasteiger partial charge on any atom is 0.291 e. The van der Waals surface area contributed by atoms with E-state index in [1.807, 2.05) is 0 Å². The third-order valence-corrected chi connectivity index (χ3v) is 4.11. The average molecular weight is 387 g/mol. The summed E-state index contributed by atoms with van der Waals surface area (Å²) in [5.74, 6) is -0.604. The Morgan fingerprint density at radius 1 is 1.11 bits per heavy atom. The Kier molecular flexibility index (Phi) is 5.83. The largest absolute Gasteiger partial charge is 0.493 e. The monoisotopic (exact) mass is 387 g/mol. The molecule has 2 aromatic rings. The Hall–Kier alpha value is -3.49. The van der Waals surface area contributed by atoms with Crippen LogP contribution >= 0.6 is 0 Å². The quantitative estimate of drug-likeness (QED) is 0.632. The first-order chi connectivity index (χ1) is 13.5.